The first kappa shape index (κ1) is 8.88. The lowest BCUT2D eigenvalue weighted by Crippen LogP contribution is -2.36. The van der Waals surface area contributed by atoms with Crippen LogP contribution >= 0.6 is 0 Å². The molecule has 14 heavy (non-hydrogen) atoms. The molecule has 0 radical (unpaired) electrons. The maximum atomic E-state index is 10.3. The van der Waals surface area contributed by atoms with Gasteiger partial charge in [0.25, 0.3) is 0 Å². The van der Waals surface area contributed by atoms with Crippen LogP contribution in [0.2, 0.25) is 0 Å². The number of rotatable bonds is 2. The van der Waals surface area contributed by atoms with Crippen molar-refractivity contribution in [1.29, 1.82) is 0 Å². The zero-order valence-electron chi connectivity index (χ0n) is 7.34. The second kappa shape index (κ2) is 3.58. The van der Waals surface area contributed by atoms with Crippen LogP contribution in [0.3, 0.4) is 0 Å². The third kappa shape index (κ3) is 1.64. The third-order valence-electron chi connectivity index (χ3n) is 1.93. The van der Waals surface area contributed by atoms with Gasteiger partial charge in [-0.2, -0.15) is 0 Å². The molecule has 8 heteroatoms. The summed E-state index contributed by atoms with van der Waals surface area (Å²) < 4.78 is 5.13. The van der Waals surface area contributed by atoms with Gasteiger partial charge in [0.2, 0.25) is 0 Å². The average Bonchev–Trinajstić information content (AvgIpc) is 2.68. The summed E-state index contributed by atoms with van der Waals surface area (Å²) >= 11 is 0. The van der Waals surface area contributed by atoms with Gasteiger partial charge in [0, 0.05) is 13.1 Å². The van der Waals surface area contributed by atoms with Crippen LogP contribution in [0, 0.1) is 10.1 Å². The fourth-order valence-electron chi connectivity index (χ4n) is 1.23. The van der Waals surface area contributed by atoms with Gasteiger partial charge < -0.3 is 19.8 Å². The first-order valence-corrected chi connectivity index (χ1v) is 4.17. The number of hydrogen-bond acceptors (Lipinski definition) is 6. The van der Waals surface area contributed by atoms with Gasteiger partial charge in [-0.15, -0.1) is 5.10 Å². The fourth-order valence-corrected chi connectivity index (χ4v) is 1.23. The molecule has 0 aliphatic carbocycles. The Morgan fingerprint density at radius 3 is 2.79 bits per heavy atom. The SMILES string of the molecule is O=[N+]([O-])c1nc(N2CCOCC2)n[nH]1. The summed E-state index contributed by atoms with van der Waals surface area (Å²) in [6.45, 7) is 2.52. The first-order chi connectivity index (χ1) is 6.77. The Morgan fingerprint density at radius 2 is 2.21 bits per heavy atom. The topological polar surface area (TPSA) is 97.2 Å². The maximum Gasteiger partial charge on any atom is 0.455 e. The van der Waals surface area contributed by atoms with Crippen molar-refractivity contribution in [2.45, 2.75) is 0 Å². The van der Waals surface area contributed by atoms with Crippen LogP contribution in [0.5, 0.6) is 0 Å². The number of H-pyrrole nitrogens is 1. The molecule has 0 amide bonds. The van der Waals surface area contributed by atoms with Crippen LogP contribution < -0.4 is 4.90 Å². The predicted octanol–water partition coefficient (Wildman–Crippen LogP) is -0.451. The van der Waals surface area contributed by atoms with E-state index in [1.54, 1.807) is 0 Å². The van der Waals surface area contributed by atoms with Crippen molar-refractivity contribution in [1.82, 2.24) is 15.2 Å². The monoisotopic (exact) mass is 199 g/mol. The largest absolute Gasteiger partial charge is 0.455 e. The summed E-state index contributed by atoms with van der Waals surface area (Å²) in [4.78, 5) is 15.3. The molecule has 2 rings (SSSR count). The molecule has 0 atom stereocenters. The van der Waals surface area contributed by atoms with Gasteiger partial charge in [-0.05, 0) is 9.91 Å². The number of ether oxygens (including phenoxy) is 1. The summed E-state index contributed by atoms with van der Waals surface area (Å²) in [5, 5.41) is 16.3. The lowest BCUT2D eigenvalue weighted by atomic mass is 10.4. The summed E-state index contributed by atoms with van der Waals surface area (Å²) in [6.07, 6.45) is 0. The van der Waals surface area contributed by atoms with E-state index in [9.17, 15) is 10.1 Å². The van der Waals surface area contributed by atoms with E-state index in [-0.39, 0.29) is 5.95 Å². The molecule has 1 fully saturated rings. The summed E-state index contributed by atoms with van der Waals surface area (Å²) in [5.41, 5.74) is 0. The van der Waals surface area contributed by atoms with Gasteiger partial charge in [-0.3, -0.25) is 0 Å². The van der Waals surface area contributed by atoms with E-state index in [1.165, 1.54) is 0 Å². The second-order valence-corrected chi connectivity index (χ2v) is 2.82. The second-order valence-electron chi connectivity index (χ2n) is 2.82. The maximum absolute atomic E-state index is 10.3. The smallest absolute Gasteiger partial charge is 0.390 e. The molecule has 1 N–H and O–H groups in total. The van der Waals surface area contributed by atoms with E-state index in [0.717, 1.165) is 0 Å². The number of nitrogens with one attached hydrogen (secondary N) is 1. The number of morpholine rings is 1. The summed E-state index contributed by atoms with van der Waals surface area (Å²) in [6, 6.07) is 0. The molecule has 0 saturated carbocycles. The summed E-state index contributed by atoms with van der Waals surface area (Å²) in [5.74, 6) is 0.0338. The Labute approximate surface area is 79.0 Å². The highest BCUT2D eigenvalue weighted by Crippen LogP contribution is 2.12. The number of hydrogen-bond donors (Lipinski definition) is 1. The van der Waals surface area contributed by atoms with Crippen LogP contribution in [0.4, 0.5) is 11.9 Å². The van der Waals surface area contributed by atoms with E-state index < -0.39 is 4.92 Å². The minimum atomic E-state index is -0.600. The lowest BCUT2D eigenvalue weighted by Gasteiger charge is -2.23. The molecule has 1 aromatic heterocycles. The molecule has 1 aliphatic rings. The van der Waals surface area contributed by atoms with E-state index in [2.05, 4.69) is 15.2 Å². The molecule has 76 valence electrons. The highest BCUT2D eigenvalue weighted by Gasteiger charge is 2.21. The Kier molecular flexibility index (Phi) is 2.27. The van der Waals surface area contributed by atoms with Crippen molar-refractivity contribution in [2.24, 2.45) is 0 Å². The quantitative estimate of drug-likeness (QED) is 0.511. The lowest BCUT2D eigenvalue weighted by molar-refractivity contribution is -0.394. The molecule has 1 aromatic rings. The van der Waals surface area contributed by atoms with E-state index in [1.807, 2.05) is 4.90 Å². The Morgan fingerprint density at radius 1 is 1.50 bits per heavy atom. The first-order valence-electron chi connectivity index (χ1n) is 4.17. The van der Waals surface area contributed by atoms with Gasteiger partial charge in [-0.25, -0.2) is 0 Å². The zero-order valence-corrected chi connectivity index (χ0v) is 7.34. The van der Waals surface area contributed by atoms with Crippen molar-refractivity contribution in [3.05, 3.63) is 10.1 Å². The third-order valence-corrected chi connectivity index (χ3v) is 1.93. The minimum absolute atomic E-state index is 0.327. The predicted molar refractivity (Wildman–Crippen MR) is 46.1 cm³/mol. The Hall–Kier alpha value is -1.70. The highest BCUT2D eigenvalue weighted by atomic mass is 16.6. The number of anilines is 1. The molecule has 2 heterocycles. The van der Waals surface area contributed by atoms with Crippen molar-refractivity contribution in [3.8, 4) is 0 Å². The van der Waals surface area contributed by atoms with E-state index >= 15 is 0 Å². The van der Waals surface area contributed by atoms with Gasteiger partial charge in [0.1, 0.15) is 0 Å². The molecular formula is C6H9N5O3. The molecule has 0 bridgehead atoms. The highest BCUT2D eigenvalue weighted by molar-refractivity contribution is 5.31. The number of nitrogens with zero attached hydrogens (tertiary/aromatic N) is 4. The molecule has 1 aliphatic heterocycles. The van der Waals surface area contributed by atoms with Gasteiger partial charge in [0.15, 0.2) is 0 Å². The molecule has 0 aromatic carbocycles. The number of aromatic nitrogens is 3. The van der Waals surface area contributed by atoms with Crippen LogP contribution in [-0.2, 0) is 4.74 Å². The zero-order chi connectivity index (χ0) is 9.97. The molecule has 1 saturated heterocycles. The fraction of sp³-hybridized carbons (Fsp3) is 0.667. The van der Waals surface area contributed by atoms with Gasteiger partial charge in [0.05, 0.1) is 13.2 Å². The molecular weight excluding hydrogens is 190 g/mol. The number of aromatic amines is 1. The van der Waals surface area contributed by atoms with Crippen molar-refractivity contribution in [2.75, 3.05) is 31.2 Å². The average molecular weight is 199 g/mol. The summed E-state index contributed by atoms with van der Waals surface area (Å²) in [7, 11) is 0. The van der Waals surface area contributed by atoms with Crippen LogP contribution in [0.15, 0.2) is 0 Å². The Balaban J connectivity index is 2.11. The van der Waals surface area contributed by atoms with E-state index in [0.29, 0.717) is 32.3 Å². The van der Waals surface area contributed by atoms with Gasteiger partial charge >= 0.3 is 11.9 Å². The normalized spacial score (nSPS) is 17.0. The number of nitro groups is 1. The van der Waals surface area contributed by atoms with Gasteiger partial charge in [-0.1, -0.05) is 5.10 Å². The molecule has 0 unspecified atom stereocenters. The van der Waals surface area contributed by atoms with E-state index in [4.69, 9.17) is 4.74 Å². The van der Waals surface area contributed by atoms with Crippen molar-refractivity contribution >= 4 is 11.9 Å². The van der Waals surface area contributed by atoms with Crippen LogP contribution in [-0.4, -0.2) is 46.4 Å². The molecule has 0 spiro atoms. The van der Waals surface area contributed by atoms with Crippen molar-refractivity contribution in [3.63, 3.8) is 0 Å². The van der Waals surface area contributed by atoms with Crippen LogP contribution in [0.25, 0.3) is 0 Å². The Bertz CT molecular complexity index is 332. The van der Waals surface area contributed by atoms with Crippen LogP contribution in [0.1, 0.15) is 0 Å². The van der Waals surface area contributed by atoms with Crippen molar-refractivity contribution < 1.29 is 9.66 Å². The molecule has 8 nitrogen and oxygen atoms in total. The minimum Gasteiger partial charge on any atom is -0.390 e. The standard InChI is InChI=1S/C6H9N5O3/c12-11(13)6-7-5(8-9-6)10-1-3-14-4-2-10/h1-4H2,(H,7,8,9).